The standard InChI is InChI=1S/C14H23N3O/c1-2-13(15)14(12-3-6-16-7-4-12)17-8-5-11(9-17)10-18/h3-4,6-7,11,13-14,18H,2,5,8-10,15H2,1H3. The SMILES string of the molecule is CCC(N)C(c1ccncc1)N1CCC(CO)C1. The van der Waals surface area contributed by atoms with Crippen LogP contribution in [0.15, 0.2) is 24.5 Å². The molecule has 1 saturated heterocycles. The van der Waals surface area contributed by atoms with Gasteiger partial charge in [0, 0.05) is 37.6 Å². The van der Waals surface area contributed by atoms with Crippen LogP contribution in [-0.4, -0.2) is 40.7 Å². The van der Waals surface area contributed by atoms with Gasteiger partial charge < -0.3 is 10.8 Å². The molecule has 1 aromatic rings. The van der Waals surface area contributed by atoms with Crippen LogP contribution in [0.25, 0.3) is 0 Å². The van der Waals surface area contributed by atoms with Crippen molar-refractivity contribution in [3.05, 3.63) is 30.1 Å². The van der Waals surface area contributed by atoms with Gasteiger partial charge in [-0.15, -0.1) is 0 Å². The van der Waals surface area contributed by atoms with Crippen molar-refractivity contribution in [3.8, 4) is 0 Å². The van der Waals surface area contributed by atoms with Gasteiger partial charge in [0.25, 0.3) is 0 Å². The second-order valence-corrected chi connectivity index (χ2v) is 5.13. The molecule has 2 heterocycles. The van der Waals surface area contributed by atoms with E-state index in [2.05, 4.69) is 16.8 Å². The van der Waals surface area contributed by atoms with Crippen LogP contribution in [0.4, 0.5) is 0 Å². The lowest BCUT2D eigenvalue weighted by Gasteiger charge is -2.32. The fraction of sp³-hybridized carbons (Fsp3) is 0.643. The molecule has 1 aromatic heterocycles. The van der Waals surface area contributed by atoms with Crippen molar-refractivity contribution in [2.24, 2.45) is 11.7 Å². The average Bonchev–Trinajstić information content (AvgIpc) is 2.88. The van der Waals surface area contributed by atoms with Crippen LogP contribution in [0.5, 0.6) is 0 Å². The average molecular weight is 249 g/mol. The second-order valence-electron chi connectivity index (χ2n) is 5.13. The summed E-state index contributed by atoms with van der Waals surface area (Å²) in [4.78, 5) is 6.48. The Morgan fingerprint density at radius 1 is 1.50 bits per heavy atom. The molecule has 0 spiro atoms. The third kappa shape index (κ3) is 2.88. The van der Waals surface area contributed by atoms with Crippen molar-refractivity contribution in [2.45, 2.75) is 31.8 Å². The zero-order chi connectivity index (χ0) is 13.0. The van der Waals surface area contributed by atoms with Gasteiger partial charge in [-0.25, -0.2) is 0 Å². The number of nitrogens with two attached hydrogens (primary N) is 1. The maximum Gasteiger partial charge on any atom is 0.0500 e. The van der Waals surface area contributed by atoms with Gasteiger partial charge in [-0.3, -0.25) is 9.88 Å². The lowest BCUT2D eigenvalue weighted by molar-refractivity contribution is 0.180. The minimum Gasteiger partial charge on any atom is -0.396 e. The monoisotopic (exact) mass is 249 g/mol. The predicted molar refractivity (Wildman–Crippen MR) is 72.0 cm³/mol. The molecule has 0 amide bonds. The molecule has 1 fully saturated rings. The quantitative estimate of drug-likeness (QED) is 0.822. The van der Waals surface area contributed by atoms with Gasteiger partial charge >= 0.3 is 0 Å². The van der Waals surface area contributed by atoms with Crippen LogP contribution >= 0.6 is 0 Å². The molecule has 3 N–H and O–H groups in total. The van der Waals surface area contributed by atoms with E-state index in [0.29, 0.717) is 5.92 Å². The van der Waals surface area contributed by atoms with Crippen LogP contribution in [0.2, 0.25) is 0 Å². The van der Waals surface area contributed by atoms with E-state index in [4.69, 9.17) is 5.73 Å². The lowest BCUT2D eigenvalue weighted by atomic mass is 9.97. The highest BCUT2D eigenvalue weighted by atomic mass is 16.3. The first-order chi connectivity index (χ1) is 8.76. The molecule has 3 atom stereocenters. The first kappa shape index (κ1) is 13.5. The molecule has 1 aliphatic rings. The molecule has 0 bridgehead atoms. The highest BCUT2D eigenvalue weighted by Crippen LogP contribution is 2.30. The molecule has 4 nitrogen and oxygen atoms in total. The van der Waals surface area contributed by atoms with E-state index in [1.54, 1.807) is 0 Å². The van der Waals surface area contributed by atoms with Crippen molar-refractivity contribution in [1.82, 2.24) is 9.88 Å². The van der Waals surface area contributed by atoms with E-state index in [0.717, 1.165) is 25.9 Å². The van der Waals surface area contributed by atoms with Gasteiger partial charge in [0.05, 0.1) is 0 Å². The summed E-state index contributed by atoms with van der Waals surface area (Å²) in [6, 6.07) is 4.47. The van der Waals surface area contributed by atoms with Crippen LogP contribution in [-0.2, 0) is 0 Å². The van der Waals surface area contributed by atoms with Crippen LogP contribution < -0.4 is 5.73 Å². The van der Waals surface area contributed by atoms with Gasteiger partial charge in [-0.1, -0.05) is 6.92 Å². The first-order valence-electron chi connectivity index (χ1n) is 6.76. The van der Waals surface area contributed by atoms with E-state index in [9.17, 15) is 5.11 Å². The molecule has 18 heavy (non-hydrogen) atoms. The van der Waals surface area contributed by atoms with Gasteiger partial charge in [0.1, 0.15) is 0 Å². The topological polar surface area (TPSA) is 62.4 Å². The summed E-state index contributed by atoms with van der Waals surface area (Å²) in [5.41, 5.74) is 7.53. The molecular formula is C14H23N3O. The highest BCUT2D eigenvalue weighted by Gasteiger charge is 2.31. The normalized spacial score (nSPS) is 24.1. The third-order valence-corrected chi connectivity index (χ3v) is 3.89. The summed E-state index contributed by atoms with van der Waals surface area (Å²) < 4.78 is 0. The van der Waals surface area contributed by atoms with E-state index < -0.39 is 0 Å². The van der Waals surface area contributed by atoms with Crippen LogP contribution in [0.3, 0.4) is 0 Å². The van der Waals surface area contributed by atoms with E-state index in [1.807, 2.05) is 24.5 Å². The van der Waals surface area contributed by atoms with Gasteiger partial charge in [0.2, 0.25) is 0 Å². The fourth-order valence-electron chi connectivity index (χ4n) is 2.78. The van der Waals surface area contributed by atoms with E-state index in [1.165, 1.54) is 5.56 Å². The van der Waals surface area contributed by atoms with Gasteiger partial charge in [-0.2, -0.15) is 0 Å². The minimum absolute atomic E-state index is 0.129. The summed E-state index contributed by atoms with van der Waals surface area (Å²) >= 11 is 0. The molecule has 0 aromatic carbocycles. The number of hydrogen-bond acceptors (Lipinski definition) is 4. The number of pyridine rings is 1. The van der Waals surface area contributed by atoms with Gasteiger partial charge in [-0.05, 0) is 43.0 Å². The molecule has 3 unspecified atom stereocenters. The number of nitrogens with zero attached hydrogens (tertiary/aromatic N) is 2. The zero-order valence-electron chi connectivity index (χ0n) is 11.0. The smallest absolute Gasteiger partial charge is 0.0500 e. The number of aliphatic hydroxyl groups excluding tert-OH is 1. The number of aliphatic hydroxyl groups is 1. The highest BCUT2D eigenvalue weighted by molar-refractivity contribution is 5.18. The Bertz CT molecular complexity index is 357. The largest absolute Gasteiger partial charge is 0.396 e. The van der Waals surface area contributed by atoms with Crippen molar-refractivity contribution in [2.75, 3.05) is 19.7 Å². The molecule has 100 valence electrons. The molecular weight excluding hydrogens is 226 g/mol. The molecule has 4 heteroatoms. The summed E-state index contributed by atoms with van der Waals surface area (Å²) in [6.45, 7) is 4.36. The van der Waals surface area contributed by atoms with Crippen molar-refractivity contribution in [3.63, 3.8) is 0 Å². The summed E-state index contributed by atoms with van der Waals surface area (Å²) in [7, 11) is 0. The third-order valence-electron chi connectivity index (χ3n) is 3.89. The maximum atomic E-state index is 9.26. The Hall–Kier alpha value is -0.970. The van der Waals surface area contributed by atoms with Gasteiger partial charge in [0.15, 0.2) is 0 Å². The number of likely N-dealkylation sites (tertiary alicyclic amines) is 1. The predicted octanol–water partition coefficient (Wildman–Crippen LogP) is 1.17. The Morgan fingerprint density at radius 3 is 2.78 bits per heavy atom. The zero-order valence-corrected chi connectivity index (χ0v) is 11.0. The summed E-state index contributed by atoms with van der Waals surface area (Å²) in [5.74, 6) is 0.401. The summed E-state index contributed by atoms with van der Waals surface area (Å²) in [6.07, 6.45) is 5.66. The molecule has 0 aliphatic carbocycles. The number of aromatic nitrogens is 1. The van der Waals surface area contributed by atoms with Crippen molar-refractivity contribution >= 4 is 0 Å². The summed E-state index contributed by atoms with van der Waals surface area (Å²) in [5, 5.41) is 9.26. The lowest BCUT2D eigenvalue weighted by Crippen LogP contribution is -2.40. The van der Waals surface area contributed by atoms with Crippen LogP contribution in [0, 0.1) is 5.92 Å². The first-order valence-corrected chi connectivity index (χ1v) is 6.76. The second kappa shape index (κ2) is 6.27. The van der Waals surface area contributed by atoms with Crippen molar-refractivity contribution in [1.29, 1.82) is 0 Å². The number of hydrogen-bond donors (Lipinski definition) is 2. The maximum absolute atomic E-state index is 9.26. The fourth-order valence-corrected chi connectivity index (χ4v) is 2.78. The molecule has 0 saturated carbocycles. The minimum atomic E-state index is 0.129. The molecule has 0 radical (unpaired) electrons. The van der Waals surface area contributed by atoms with E-state index in [-0.39, 0.29) is 18.7 Å². The van der Waals surface area contributed by atoms with Crippen molar-refractivity contribution < 1.29 is 5.11 Å². The molecule has 2 rings (SSSR count). The Labute approximate surface area is 109 Å². The van der Waals surface area contributed by atoms with Crippen LogP contribution in [0.1, 0.15) is 31.4 Å². The Morgan fingerprint density at radius 2 is 2.22 bits per heavy atom. The van der Waals surface area contributed by atoms with E-state index >= 15 is 0 Å². The Kier molecular flexibility index (Phi) is 4.69. The Balaban J connectivity index is 2.16. The molecule has 1 aliphatic heterocycles. The number of rotatable bonds is 5.